The Labute approximate surface area is 267 Å². The van der Waals surface area contributed by atoms with Gasteiger partial charge in [-0.1, -0.05) is 11.6 Å². The van der Waals surface area contributed by atoms with Crippen LogP contribution in [0.5, 0.6) is 0 Å². The molecule has 6 rings (SSSR count). The molecule has 45 heavy (non-hydrogen) atoms. The summed E-state index contributed by atoms with van der Waals surface area (Å²) in [4.78, 5) is 21.6. The van der Waals surface area contributed by atoms with Gasteiger partial charge in [0.05, 0.1) is 23.5 Å². The third kappa shape index (κ3) is 7.70. The number of rotatable bonds is 11. The molecule has 1 aromatic carbocycles. The van der Waals surface area contributed by atoms with Crippen molar-refractivity contribution in [3.05, 3.63) is 53.4 Å². The Morgan fingerprint density at radius 1 is 1.18 bits per heavy atom. The Hall–Kier alpha value is -3.42. The number of aromatic nitrogens is 3. The highest BCUT2D eigenvalue weighted by Crippen LogP contribution is 2.42. The summed E-state index contributed by atoms with van der Waals surface area (Å²) in [5.41, 5.74) is 1.88. The number of hydrogen-bond acceptors (Lipinski definition) is 10. The smallest absolute Gasteiger partial charge is 0.226 e. The standard InChI is InChI=1S/C32H40ClFN8O3/c1-18(2)44-32-30(45-32)27-8-12-42(27)31-26(15-25(39-40-31)23-13-21(33)5-6-24(23)34)37-22-7-10-35-28(14-22)38-29(43)9-11-41-16-19(3)36-20(4)17-41/h5-7,10,13-15,18-20,27,30,32,36H,8-9,11-12,16-17H2,1-4H3,(H2,35,37,38,39,43). The van der Waals surface area contributed by atoms with Gasteiger partial charge in [-0.25, -0.2) is 9.37 Å². The second-order valence-corrected chi connectivity index (χ2v) is 12.8. The molecule has 3 N–H and O–H groups in total. The van der Waals surface area contributed by atoms with E-state index >= 15 is 0 Å². The third-order valence-corrected chi connectivity index (χ3v) is 8.42. The zero-order valence-electron chi connectivity index (χ0n) is 26.0. The number of carbonyl (C=O) groups excluding carboxylic acids is 1. The third-order valence-electron chi connectivity index (χ3n) is 8.18. The second-order valence-electron chi connectivity index (χ2n) is 12.4. The van der Waals surface area contributed by atoms with E-state index in [1.54, 1.807) is 24.4 Å². The number of halogens is 2. The molecule has 0 saturated carbocycles. The Bertz CT molecular complexity index is 1520. The molecule has 3 aromatic rings. The largest absolute Gasteiger partial charge is 0.352 e. The van der Waals surface area contributed by atoms with Crippen LogP contribution in [0.2, 0.25) is 5.02 Å². The molecular weight excluding hydrogens is 599 g/mol. The van der Waals surface area contributed by atoms with Crippen LogP contribution < -0.4 is 20.9 Å². The van der Waals surface area contributed by atoms with Crippen molar-refractivity contribution in [2.75, 3.05) is 41.7 Å². The molecule has 5 heterocycles. The van der Waals surface area contributed by atoms with Crippen LogP contribution >= 0.6 is 11.6 Å². The SMILES string of the molecule is CC1CN(CCC(=O)Nc2cc(Nc3cc(-c4cc(Cl)ccc4F)nnc3N3CCC3C3OC3OC(C)C)ccn2)CC(C)N1. The number of nitrogens with zero attached hydrogens (tertiary/aromatic N) is 5. The van der Waals surface area contributed by atoms with Crippen LogP contribution in [0.15, 0.2) is 42.6 Å². The predicted octanol–water partition coefficient (Wildman–Crippen LogP) is 4.81. The fraction of sp³-hybridized carbons (Fsp3) is 0.500. The monoisotopic (exact) mass is 638 g/mol. The number of amides is 1. The quantitative estimate of drug-likeness (QED) is 0.252. The molecule has 0 spiro atoms. The van der Waals surface area contributed by atoms with E-state index in [-0.39, 0.29) is 36.0 Å². The molecule has 0 aliphatic carbocycles. The number of carbonyl (C=O) groups is 1. The maximum absolute atomic E-state index is 14.8. The van der Waals surface area contributed by atoms with E-state index in [1.165, 1.54) is 18.2 Å². The van der Waals surface area contributed by atoms with E-state index in [0.29, 0.717) is 58.8 Å². The number of benzene rings is 1. The normalized spacial score (nSPS) is 24.8. The summed E-state index contributed by atoms with van der Waals surface area (Å²) in [5, 5.41) is 19.2. The molecule has 3 aliphatic heterocycles. The maximum Gasteiger partial charge on any atom is 0.226 e. The first-order valence-corrected chi connectivity index (χ1v) is 15.9. The van der Waals surface area contributed by atoms with E-state index in [4.69, 9.17) is 21.1 Å². The van der Waals surface area contributed by atoms with Gasteiger partial charge in [0.2, 0.25) is 5.91 Å². The lowest BCUT2D eigenvalue weighted by molar-refractivity contribution is -0.116. The summed E-state index contributed by atoms with van der Waals surface area (Å²) >= 11 is 6.19. The fourth-order valence-electron chi connectivity index (χ4n) is 6.11. The lowest BCUT2D eigenvalue weighted by Gasteiger charge is -2.41. The number of piperazine rings is 1. The summed E-state index contributed by atoms with van der Waals surface area (Å²) < 4.78 is 26.5. The highest BCUT2D eigenvalue weighted by atomic mass is 35.5. The number of hydrogen-bond donors (Lipinski definition) is 3. The van der Waals surface area contributed by atoms with Gasteiger partial charge in [-0.2, -0.15) is 0 Å². The minimum atomic E-state index is -0.451. The minimum Gasteiger partial charge on any atom is -0.352 e. The zero-order chi connectivity index (χ0) is 31.7. The number of epoxide rings is 1. The molecule has 13 heteroatoms. The fourth-order valence-corrected chi connectivity index (χ4v) is 6.28. The van der Waals surface area contributed by atoms with Gasteiger partial charge in [0.1, 0.15) is 17.7 Å². The van der Waals surface area contributed by atoms with E-state index in [9.17, 15) is 9.18 Å². The molecule has 5 unspecified atom stereocenters. The average molecular weight is 639 g/mol. The van der Waals surface area contributed by atoms with Crippen molar-refractivity contribution in [1.82, 2.24) is 25.4 Å². The van der Waals surface area contributed by atoms with Crippen LogP contribution in [0.1, 0.15) is 40.5 Å². The topological polar surface area (TPSA) is 120 Å². The van der Waals surface area contributed by atoms with E-state index in [2.05, 4.69) is 54.8 Å². The van der Waals surface area contributed by atoms with Gasteiger partial charge in [-0.15, -0.1) is 10.2 Å². The molecule has 0 radical (unpaired) electrons. The van der Waals surface area contributed by atoms with Gasteiger partial charge in [0, 0.05) is 73.2 Å². The van der Waals surface area contributed by atoms with Gasteiger partial charge in [0.25, 0.3) is 0 Å². The first-order chi connectivity index (χ1) is 21.6. The van der Waals surface area contributed by atoms with Gasteiger partial charge >= 0.3 is 0 Å². The van der Waals surface area contributed by atoms with E-state index < -0.39 is 5.82 Å². The van der Waals surface area contributed by atoms with Gasteiger partial charge in [0.15, 0.2) is 12.1 Å². The Balaban J connectivity index is 1.20. The van der Waals surface area contributed by atoms with Crippen LogP contribution in [0, 0.1) is 5.82 Å². The highest BCUT2D eigenvalue weighted by molar-refractivity contribution is 6.30. The number of nitrogens with one attached hydrogen (secondary N) is 3. The van der Waals surface area contributed by atoms with Crippen molar-refractivity contribution >= 4 is 40.5 Å². The van der Waals surface area contributed by atoms with Crippen LogP contribution in [-0.2, 0) is 14.3 Å². The first kappa shape index (κ1) is 31.6. The van der Waals surface area contributed by atoms with E-state index in [1.807, 2.05) is 13.8 Å². The molecule has 3 fully saturated rings. The van der Waals surface area contributed by atoms with Crippen LogP contribution in [0.25, 0.3) is 11.3 Å². The summed E-state index contributed by atoms with van der Waals surface area (Å²) in [7, 11) is 0. The Morgan fingerprint density at radius 2 is 1.98 bits per heavy atom. The van der Waals surface area contributed by atoms with Crippen LogP contribution in [0.3, 0.4) is 0 Å². The molecule has 2 aromatic heterocycles. The molecule has 1 amide bonds. The lowest BCUT2D eigenvalue weighted by Crippen LogP contribution is -2.54. The molecular formula is C32H40ClFN8O3. The van der Waals surface area contributed by atoms with Crippen molar-refractivity contribution in [1.29, 1.82) is 0 Å². The Kier molecular flexibility index (Phi) is 9.48. The molecule has 3 saturated heterocycles. The van der Waals surface area contributed by atoms with Crippen molar-refractivity contribution in [3.8, 4) is 11.3 Å². The lowest BCUT2D eigenvalue weighted by atomic mass is 9.99. The van der Waals surface area contributed by atoms with E-state index in [0.717, 1.165) is 26.1 Å². The number of anilines is 4. The van der Waals surface area contributed by atoms with Crippen molar-refractivity contribution in [2.45, 2.75) is 77.2 Å². The summed E-state index contributed by atoms with van der Waals surface area (Å²) in [6.07, 6.45) is 2.68. The Morgan fingerprint density at radius 3 is 2.71 bits per heavy atom. The summed E-state index contributed by atoms with van der Waals surface area (Å²) in [6.45, 7) is 11.5. The van der Waals surface area contributed by atoms with Crippen molar-refractivity contribution < 1.29 is 18.7 Å². The zero-order valence-corrected chi connectivity index (χ0v) is 26.7. The summed E-state index contributed by atoms with van der Waals surface area (Å²) in [6, 6.07) is 10.5. The predicted molar refractivity (Wildman–Crippen MR) is 172 cm³/mol. The molecule has 5 atom stereocenters. The van der Waals surface area contributed by atoms with Crippen LogP contribution in [0.4, 0.5) is 27.4 Å². The van der Waals surface area contributed by atoms with Gasteiger partial charge in [-0.05, 0) is 64.4 Å². The summed E-state index contributed by atoms with van der Waals surface area (Å²) in [5.74, 6) is 0.485. The van der Waals surface area contributed by atoms with Crippen molar-refractivity contribution in [3.63, 3.8) is 0 Å². The number of pyridine rings is 1. The molecule has 240 valence electrons. The molecule has 0 bridgehead atoms. The molecule has 3 aliphatic rings. The van der Waals surface area contributed by atoms with Crippen molar-refractivity contribution in [2.24, 2.45) is 0 Å². The van der Waals surface area contributed by atoms with Crippen LogP contribution in [-0.4, -0.2) is 88.8 Å². The first-order valence-electron chi connectivity index (χ1n) is 15.5. The number of ether oxygens (including phenoxy) is 2. The van der Waals surface area contributed by atoms with Gasteiger partial charge < -0.3 is 30.3 Å². The van der Waals surface area contributed by atoms with Gasteiger partial charge in [-0.3, -0.25) is 9.69 Å². The highest BCUT2D eigenvalue weighted by Gasteiger charge is 2.52. The molecule has 11 nitrogen and oxygen atoms in total. The second kappa shape index (κ2) is 13.5. The maximum atomic E-state index is 14.8. The minimum absolute atomic E-state index is 0.0591. The average Bonchev–Trinajstić information content (AvgIpc) is 3.70.